The zero-order valence-electron chi connectivity index (χ0n) is 17.4. The van der Waals surface area contributed by atoms with E-state index in [-0.39, 0.29) is 5.41 Å². The van der Waals surface area contributed by atoms with Gasteiger partial charge < -0.3 is 9.47 Å². The lowest BCUT2D eigenvalue weighted by molar-refractivity contribution is 0.413. The molecule has 0 spiro atoms. The molecule has 0 bridgehead atoms. The van der Waals surface area contributed by atoms with Crippen molar-refractivity contribution in [2.24, 2.45) is 0 Å². The number of benzene rings is 3. The molecule has 0 amide bonds. The fourth-order valence-electron chi connectivity index (χ4n) is 3.43. The Hall–Kier alpha value is -2.74. The van der Waals surface area contributed by atoms with Crippen LogP contribution in [0, 0.1) is 6.92 Å². The first-order valence-electron chi connectivity index (χ1n) is 9.94. The van der Waals surface area contributed by atoms with Gasteiger partial charge in [0.25, 0.3) is 0 Å². The van der Waals surface area contributed by atoms with Gasteiger partial charge in [-0.1, -0.05) is 55.8 Å². The Bertz CT molecular complexity index is 877. The van der Waals surface area contributed by atoms with Crippen LogP contribution in [0.15, 0.2) is 72.8 Å². The number of ether oxygens (including phenoxy) is 2. The van der Waals surface area contributed by atoms with Crippen molar-refractivity contribution in [3.8, 4) is 17.2 Å². The Morgan fingerprint density at radius 1 is 0.786 bits per heavy atom. The molecule has 0 saturated heterocycles. The molecule has 0 heterocycles. The Morgan fingerprint density at radius 2 is 1.46 bits per heavy atom. The van der Waals surface area contributed by atoms with Gasteiger partial charge in [-0.3, -0.25) is 0 Å². The number of methoxy groups -OCH3 is 1. The predicted molar refractivity (Wildman–Crippen MR) is 117 cm³/mol. The Kier molecular flexibility index (Phi) is 6.41. The minimum atomic E-state index is 0.185. The first-order valence-corrected chi connectivity index (χ1v) is 9.94. The standard InChI is InChI=1S/C26H30O2/c1-20-10-12-22(13-11-20)26(2,3)18-6-8-21-7-5-9-25(19-21)28-24-16-14-23(27-4)15-17-24/h5,7,9-17,19H,6,8,18H2,1-4H3. The topological polar surface area (TPSA) is 18.5 Å². The monoisotopic (exact) mass is 374 g/mol. The summed E-state index contributed by atoms with van der Waals surface area (Å²) in [5.74, 6) is 2.52. The van der Waals surface area contributed by atoms with Gasteiger partial charge >= 0.3 is 0 Å². The lowest BCUT2D eigenvalue weighted by Gasteiger charge is -2.25. The maximum absolute atomic E-state index is 5.99. The highest BCUT2D eigenvalue weighted by Crippen LogP contribution is 2.30. The normalized spacial score (nSPS) is 11.3. The Balaban J connectivity index is 1.57. The molecule has 0 aliphatic carbocycles. The van der Waals surface area contributed by atoms with Gasteiger partial charge in [0, 0.05) is 0 Å². The van der Waals surface area contributed by atoms with E-state index in [9.17, 15) is 0 Å². The molecule has 146 valence electrons. The molecule has 28 heavy (non-hydrogen) atoms. The van der Waals surface area contributed by atoms with Gasteiger partial charge in [-0.15, -0.1) is 0 Å². The van der Waals surface area contributed by atoms with E-state index in [1.165, 1.54) is 16.7 Å². The first-order chi connectivity index (χ1) is 13.5. The van der Waals surface area contributed by atoms with Crippen molar-refractivity contribution in [1.82, 2.24) is 0 Å². The number of aryl methyl sites for hydroxylation is 2. The van der Waals surface area contributed by atoms with Crippen molar-refractivity contribution in [3.05, 3.63) is 89.5 Å². The Labute approximate surface area is 169 Å². The summed E-state index contributed by atoms with van der Waals surface area (Å²) < 4.78 is 11.2. The average Bonchev–Trinajstić information content (AvgIpc) is 2.69. The summed E-state index contributed by atoms with van der Waals surface area (Å²) >= 11 is 0. The van der Waals surface area contributed by atoms with Crippen LogP contribution >= 0.6 is 0 Å². The molecule has 3 aromatic rings. The smallest absolute Gasteiger partial charge is 0.127 e. The van der Waals surface area contributed by atoms with Crippen LogP contribution < -0.4 is 9.47 Å². The predicted octanol–water partition coefficient (Wildman–Crippen LogP) is 7.10. The minimum absolute atomic E-state index is 0.185. The SMILES string of the molecule is COc1ccc(Oc2cccc(CCCC(C)(C)c3ccc(C)cc3)c2)cc1. The molecular weight excluding hydrogens is 344 g/mol. The molecule has 0 unspecified atom stereocenters. The molecule has 0 aliphatic heterocycles. The molecule has 0 aliphatic rings. The second kappa shape index (κ2) is 8.97. The largest absolute Gasteiger partial charge is 0.497 e. The first kappa shape index (κ1) is 20.0. The molecule has 0 radical (unpaired) electrons. The van der Waals surface area contributed by atoms with E-state index < -0.39 is 0 Å². The summed E-state index contributed by atoms with van der Waals surface area (Å²) in [5.41, 5.74) is 4.22. The van der Waals surface area contributed by atoms with Gasteiger partial charge in [0.2, 0.25) is 0 Å². The number of hydrogen-bond acceptors (Lipinski definition) is 2. The van der Waals surface area contributed by atoms with Gasteiger partial charge in [-0.05, 0) is 79.1 Å². The van der Waals surface area contributed by atoms with Crippen molar-refractivity contribution < 1.29 is 9.47 Å². The van der Waals surface area contributed by atoms with E-state index in [0.29, 0.717) is 0 Å². The molecule has 0 aromatic heterocycles. The van der Waals surface area contributed by atoms with Gasteiger partial charge in [-0.2, -0.15) is 0 Å². The van der Waals surface area contributed by atoms with Gasteiger partial charge in [0.1, 0.15) is 17.2 Å². The second-order valence-electron chi connectivity index (χ2n) is 8.03. The molecule has 3 aromatic carbocycles. The number of hydrogen-bond donors (Lipinski definition) is 0. The third kappa shape index (κ3) is 5.39. The highest BCUT2D eigenvalue weighted by atomic mass is 16.5. The lowest BCUT2D eigenvalue weighted by Crippen LogP contribution is -2.17. The second-order valence-corrected chi connectivity index (χ2v) is 8.03. The molecule has 2 heteroatoms. The summed E-state index contributed by atoms with van der Waals surface area (Å²) in [6.07, 6.45) is 3.35. The zero-order valence-corrected chi connectivity index (χ0v) is 17.4. The molecule has 0 N–H and O–H groups in total. The van der Waals surface area contributed by atoms with Crippen LogP contribution in [0.2, 0.25) is 0 Å². The summed E-state index contributed by atoms with van der Waals surface area (Å²) in [6, 6.07) is 25.0. The Morgan fingerprint density at radius 3 is 2.14 bits per heavy atom. The lowest BCUT2D eigenvalue weighted by atomic mass is 9.79. The molecular formula is C26H30O2. The van der Waals surface area contributed by atoms with Crippen LogP contribution in [0.4, 0.5) is 0 Å². The molecule has 0 atom stereocenters. The molecule has 3 rings (SSSR count). The van der Waals surface area contributed by atoms with Crippen LogP contribution in [0.25, 0.3) is 0 Å². The van der Waals surface area contributed by atoms with Crippen LogP contribution in [0.3, 0.4) is 0 Å². The van der Waals surface area contributed by atoms with E-state index in [2.05, 4.69) is 63.2 Å². The van der Waals surface area contributed by atoms with Crippen molar-refractivity contribution in [2.45, 2.75) is 45.4 Å². The van der Waals surface area contributed by atoms with E-state index in [1.54, 1.807) is 7.11 Å². The van der Waals surface area contributed by atoms with Crippen molar-refractivity contribution >= 4 is 0 Å². The van der Waals surface area contributed by atoms with Gasteiger partial charge in [0.05, 0.1) is 7.11 Å². The van der Waals surface area contributed by atoms with Crippen molar-refractivity contribution in [2.75, 3.05) is 7.11 Å². The third-order valence-corrected chi connectivity index (χ3v) is 5.29. The number of rotatable bonds is 8. The van der Waals surface area contributed by atoms with Crippen LogP contribution in [-0.2, 0) is 11.8 Å². The van der Waals surface area contributed by atoms with Crippen LogP contribution in [-0.4, -0.2) is 7.11 Å². The minimum Gasteiger partial charge on any atom is -0.497 e. The fourth-order valence-corrected chi connectivity index (χ4v) is 3.43. The molecule has 2 nitrogen and oxygen atoms in total. The zero-order chi connectivity index (χ0) is 20.0. The van der Waals surface area contributed by atoms with E-state index in [4.69, 9.17) is 9.47 Å². The highest BCUT2D eigenvalue weighted by molar-refractivity contribution is 5.37. The van der Waals surface area contributed by atoms with Gasteiger partial charge in [0.15, 0.2) is 0 Å². The summed E-state index contributed by atoms with van der Waals surface area (Å²) in [7, 11) is 1.67. The van der Waals surface area contributed by atoms with Crippen LogP contribution in [0.1, 0.15) is 43.4 Å². The molecule has 0 saturated carbocycles. The van der Waals surface area contributed by atoms with E-state index >= 15 is 0 Å². The maximum atomic E-state index is 5.99. The average molecular weight is 375 g/mol. The summed E-state index contributed by atoms with van der Waals surface area (Å²) in [6.45, 7) is 6.81. The third-order valence-electron chi connectivity index (χ3n) is 5.29. The quantitative estimate of drug-likeness (QED) is 0.419. The van der Waals surface area contributed by atoms with Crippen molar-refractivity contribution in [1.29, 1.82) is 0 Å². The van der Waals surface area contributed by atoms with Crippen molar-refractivity contribution in [3.63, 3.8) is 0 Å². The highest BCUT2D eigenvalue weighted by Gasteiger charge is 2.19. The summed E-state index contributed by atoms with van der Waals surface area (Å²) in [4.78, 5) is 0. The summed E-state index contributed by atoms with van der Waals surface area (Å²) in [5, 5.41) is 0. The van der Waals surface area contributed by atoms with Gasteiger partial charge in [-0.25, -0.2) is 0 Å². The maximum Gasteiger partial charge on any atom is 0.127 e. The van der Waals surface area contributed by atoms with E-state index in [0.717, 1.165) is 36.5 Å². The van der Waals surface area contributed by atoms with E-state index in [1.807, 2.05) is 30.3 Å². The fraction of sp³-hybridized carbons (Fsp3) is 0.308. The molecule has 0 fully saturated rings. The van der Waals surface area contributed by atoms with Crippen LogP contribution in [0.5, 0.6) is 17.2 Å².